The van der Waals surface area contributed by atoms with Gasteiger partial charge in [0.1, 0.15) is 5.75 Å². The van der Waals surface area contributed by atoms with Crippen molar-refractivity contribution in [2.45, 2.75) is 6.92 Å². The summed E-state index contributed by atoms with van der Waals surface area (Å²) in [6, 6.07) is 7.92. The van der Waals surface area contributed by atoms with Crippen LogP contribution in [0.5, 0.6) is 5.75 Å². The van der Waals surface area contributed by atoms with Gasteiger partial charge in [-0.05, 0) is 25.1 Å². The van der Waals surface area contributed by atoms with Gasteiger partial charge in [-0.2, -0.15) is 0 Å². The van der Waals surface area contributed by atoms with E-state index in [-0.39, 0.29) is 0 Å². The Morgan fingerprint density at radius 1 is 1.37 bits per heavy atom. The Morgan fingerprint density at radius 3 is 2.95 bits per heavy atom. The van der Waals surface area contributed by atoms with Crippen molar-refractivity contribution in [3.8, 4) is 5.75 Å². The SMILES string of the molecule is COc1ccccc1C1=NC2=C(Br)CNN2C(C)=C1. The first-order valence-corrected chi connectivity index (χ1v) is 6.82. The van der Waals surface area contributed by atoms with Crippen LogP contribution in [0.1, 0.15) is 12.5 Å². The second kappa shape index (κ2) is 4.83. The van der Waals surface area contributed by atoms with E-state index < -0.39 is 0 Å². The number of allylic oxidation sites excluding steroid dienone is 2. The van der Waals surface area contributed by atoms with Gasteiger partial charge in [0, 0.05) is 11.3 Å². The molecule has 2 aliphatic heterocycles. The lowest BCUT2D eigenvalue weighted by atomic mass is 10.1. The minimum absolute atomic E-state index is 0.767. The van der Waals surface area contributed by atoms with E-state index >= 15 is 0 Å². The van der Waals surface area contributed by atoms with Crippen LogP contribution in [0.25, 0.3) is 0 Å². The van der Waals surface area contributed by atoms with Gasteiger partial charge in [0.15, 0.2) is 5.82 Å². The van der Waals surface area contributed by atoms with Crippen LogP contribution in [-0.2, 0) is 0 Å². The molecule has 5 heteroatoms. The van der Waals surface area contributed by atoms with E-state index in [0.717, 1.165) is 39.6 Å². The number of rotatable bonds is 2. The molecule has 1 aromatic carbocycles. The highest BCUT2D eigenvalue weighted by atomic mass is 79.9. The number of hydrazine groups is 1. The molecule has 0 aromatic heterocycles. The van der Waals surface area contributed by atoms with E-state index in [1.54, 1.807) is 7.11 Å². The predicted molar refractivity (Wildman–Crippen MR) is 79.1 cm³/mol. The van der Waals surface area contributed by atoms with Gasteiger partial charge in [-0.25, -0.2) is 10.4 Å². The lowest BCUT2D eigenvalue weighted by Crippen LogP contribution is -2.32. The Hall–Kier alpha value is -1.59. The molecule has 0 atom stereocenters. The number of fused-ring (bicyclic) bond motifs is 1. The maximum absolute atomic E-state index is 5.40. The molecule has 3 rings (SSSR count). The Labute approximate surface area is 120 Å². The fourth-order valence-electron chi connectivity index (χ4n) is 2.23. The van der Waals surface area contributed by atoms with Crippen LogP contribution >= 0.6 is 15.9 Å². The number of aliphatic imine (C=N–C) groups is 1. The summed E-state index contributed by atoms with van der Waals surface area (Å²) in [5.41, 5.74) is 6.30. The van der Waals surface area contributed by atoms with Crippen molar-refractivity contribution in [2.24, 2.45) is 4.99 Å². The molecule has 1 aromatic rings. The van der Waals surface area contributed by atoms with Crippen LogP contribution in [0, 0.1) is 0 Å². The van der Waals surface area contributed by atoms with Crippen LogP contribution in [0.15, 0.2) is 51.3 Å². The zero-order valence-corrected chi connectivity index (χ0v) is 12.4. The molecule has 0 aliphatic carbocycles. The van der Waals surface area contributed by atoms with Crippen molar-refractivity contribution >= 4 is 21.6 Å². The minimum Gasteiger partial charge on any atom is -0.496 e. The monoisotopic (exact) mass is 319 g/mol. The lowest BCUT2D eigenvalue weighted by Gasteiger charge is -2.25. The van der Waals surface area contributed by atoms with Gasteiger partial charge in [0.2, 0.25) is 0 Å². The summed E-state index contributed by atoms with van der Waals surface area (Å²) in [4.78, 5) is 4.71. The second-order valence-electron chi connectivity index (χ2n) is 4.38. The maximum atomic E-state index is 5.40. The zero-order chi connectivity index (χ0) is 13.4. The maximum Gasteiger partial charge on any atom is 0.159 e. The second-order valence-corrected chi connectivity index (χ2v) is 5.34. The number of methoxy groups -OCH3 is 1. The topological polar surface area (TPSA) is 36.9 Å². The van der Waals surface area contributed by atoms with E-state index in [1.165, 1.54) is 0 Å². The summed E-state index contributed by atoms with van der Waals surface area (Å²) < 4.78 is 6.47. The van der Waals surface area contributed by atoms with Crippen LogP contribution in [0.4, 0.5) is 0 Å². The number of para-hydroxylation sites is 1. The lowest BCUT2D eigenvalue weighted by molar-refractivity contribution is 0.350. The first-order valence-electron chi connectivity index (χ1n) is 6.03. The molecule has 98 valence electrons. The molecule has 19 heavy (non-hydrogen) atoms. The normalized spacial score (nSPS) is 18.2. The Bertz CT molecular complexity index is 619. The van der Waals surface area contributed by atoms with Gasteiger partial charge in [0.25, 0.3) is 0 Å². The summed E-state index contributed by atoms with van der Waals surface area (Å²) in [6.07, 6.45) is 2.06. The first kappa shape index (κ1) is 12.4. The molecule has 0 saturated heterocycles. The van der Waals surface area contributed by atoms with E-state index in [9.17, 15) is 0 Å². The fourth-order valence-corrected chi connectivity index (χ4v) is 2.62. The fraction of sp³-hybridized carbons (Fsp3) is 0.214. The number of nitrogens with zero attached hydrogens (tertiary/aromatic N) is 2. The quantitative estimate of drug-likeness (QED) is 0.910. The largest absolute Gasteiger partial charge is 0.496 e. The third kappa shape index (κ3) is 2.09. The van der Waals surface area contributed by atoms with Crippen LogP contribution in [0.3, 0.4) is 0 Å². The van der Waals surface area contributed by atoms with Crippen LogP contribution < -0.4 is 10.2 Å². The number of ether oxygens (including phenoxy) is 1. The number of benzene rings is 1. The Kier molecular flexibility index (Phi) is 3.16. The zero-order valence-electron chi connectivity index (χ0n) is 10.8. The van der Waals surface area contributed by atoms with E-state index in [4.69, 9.17) is 9.73 Å². The van der Waals surface area contributed by atoms with Crippen molar-refractivity contribution in [3.05, 3.63) is 51.9 Å². The molecule has 2 heterocycles. The molecule has 4 nitrogen and oxygen atoms in total. The highest BCUT2D eigenvalue weighted by Gasteiger charge is 2.26. The third-order valence-electron chi connectivity index (χ3n) is 3.15. The van der Waals surface area contributed by atoms with Crippen molar-refractivity contribution < 1.29 is 4.74 Å². The Morgan fingerprint density at radius 2 is 2.16 bits per heavy atom. The molecular weight excluding hydrogens is 306 g/mol. The molecule has 0 radical (unpaired) electrons. The van der Waals surface area contributed by atoms with E-state index in [2.05, 4.69) is 34.4 Å². The number of halogens is 1. The molecule has 0 unspecified atom stereocenters. The standard InChI is InChI=1S/C14H14BrN3O/c1-9-7-12(10-5-3-4-6-13(10)19-2)17-14-11(15)8-16-18(9)14/h3-7,16H,8H2,1-2H3. The molecule has 2 aliphatic rings. The van der Waals surface area contributed by atoms with E-state index in [0.29, 0.717) is 0 Å². The summed E-state index contributed by atoms with van der Waals surface area (Å²) in [5, 5.41) is 1.99. The van der Waals surface area contributed by atoms with Crippen molar-refractivity contribution in [2.75, 3.05) is 13.7 Å². The van der Waals surface area contributed by atoms with Crippen molar-refractivity contribution in [3.63, 3.8) is 0 Å². The molecule has 1 N–H and O–H groups in total. The summed E-state index contributed by atoms with van der Waals surface area (Å²) >= 11 is 3.55. The van der Waals surface area contributed by atoms with Gasteiger partial charge in [-0.15, -0.1) is 0 Å². The van der Waals surface area contributed by atoms with Gasteiger partial charge in [-0.3, -0.25) is 5.01 Å². The van der Waals surface area contributed by atoms with E-state index in [1.807, 2.05) is 29.3 Å². The highest BCUT2D eigenvalue weighted by molar-refractivity contribution is 9.11. The van der Waals surface area contributed by atoms with Crippen molar-refractivity contribution in [1.29, 1.82) is 0 Å². The van der Waals surface area contributed by atoms with Gasteiger partial charge in [-0.1, -0.05) is 28.1 Å². The number of hydrogen-bond donors (Lipinski definition) is 1. The highest BCUT2D eigenvalue weighted by Crippen LogP contribution is 2.30. The summed E-state index contributed by atoms with van der Waals surface area (Å²) in [6.45, 7) is 2.83. The first-order chi connectivity index (χ1) is 9.20. The van der Waals surface area contributed by atoms with Crippen LogP contribution in [-0.4, -0.2) is 24.4 Å². The van der Waals surface area contributed by atoms with Crippen LogP contribution in [0.2, 0.25) is 0 Å². The molecule has 0 saturated carbocycles. The Balaban J connectivity index is 2.11. The predicted octanol–water partition coefficient (Wildman–Crippen LogP) is 2.79. The average molecular weight is 320 g/mol. The molecule has 0 fully saturated rings. The third-order valence-corrected chi connectivity index (χ3v) is 3.79. The molecule has 0 amide bonds. The average Bonchev–Trinajstić information content (AvgIpc) is 2.81. The molecular formula is C14H14BrN3O. The summed E-state index contributed by atoms with van der Waals surface area (Å²) in [7, 11) is 1.68. The van der Waals surface area contributed by atoms with Gasteiger partial charge in [0.05, 0.1) is 23.8 Å². The molecule has 0 bridgehead atoms. The van der Waals surface area contributed by atoms with Crippen molar-refractivity contribution in [1.82, 2.24) is 10.4 Å². The minimum atomic E-state index is 0.767. The smallest absolute Gasteiger partial charge is 0.159 e. The molecule has 0 spiro atoms. The van der Waals surface area contributed by atoms with Gasteiger partial charge >= 0.3 is 0 Å². The summed E-state index contributed by atoms with van der Waals surface area (Å²) in [5.74, 6) is 1.75. The number of nitrogens with one attached hydrogen (secondary N) is 1. The number of hydrogen-bond acceptors (Lipinski definition) is 4. The van der Waals surface area contributed by atoms with Gasteiger partial charge < -0.3 is 4.74 Å².